The highest BCUT2D eigenvalue weighted by molar-refractivity contribution is 5.95. The first-order chi connectivity index (χ1) is 10.2. The molecule has 1 fully saturated rings. The van der Waals surface area contributed by atoms with Crippen molar-refractivity contribution in [1.82, 2.24) is 4.90 Å². The van der Waals surface area contributed by atoms with Gasteiger partial charge in [0.25, 0.3) is 5.91 Å². The van der Waals surface area contributed by atoms with Crippen LogP contribution in [-0.4, -0.2) is 38.1 Å². The van der Waals surface area contributed by atoms with Gasteiger partial charge in [-0.1, -0.05) is 12.2 Å². The topological polar surface area (TPSA) is 38.8 Å². The molecule has 2 atom stereocenters. The Kier molecular flexibility index (Phi) is 3.86. The van der Waals surface area contributed by atoms with E-state index in [0.717, 1.165) is 25.9 Å². The number of rotatable bonds is 3. The van der Waals surface area contributed by atoms with Crippen LogP contribution in [0.15, 0.2) is 30.4 Å². The van der Waals surface area contributed by atoms with Crippen molar-refractivity contribution in [2.45, 2.75) is 12.8 Å². The van der Waals surface area contributed by atoms with Crippen LogP contribution in [0, 0.1) is 11.8 Å². The van der Waals surface area contributed by atoms with Gasteiger partial charge in [0.1, 0.15) is 11.5 Å². The van der Waals surface area contributed by atoms with E-state index in [1.807, 2.05) is 4.90 Å². The summed E-state index contributed by atoms with van der Waals surface area (Å²) in [4.78, 5) is 14.7. The van der Waals surface area contributed by atoms with Crippen LogP contribution in [0.4, 0.5) is 0 Å². The third kappa shape index (κ3) is 2.75. The Morgan fingerprint density at radius 3 is 2.00 bits per heavy atom. The van der Waals surface area contributed by atoms with Crippen LogP contribution < -0.4 is 9.47 Å². The van der Waals surface area contributed by atoms with E-state index in [1.54, 1.807) is 32.4 Å². The van der Waals surface area contributed by atoms with E-state index < -0.39 is 0 Å². The fourth-order valence-corrected chi connectivity index (χ4v) is 3.29. The molecule has 1 aliphatic heterocycles. The Bertz CT molecular complexity index is 529. The van der Waals surface area contributed by atoms with Gasteiger partial charge in [-0.25, -0.2) is 0 Å². The number of methoxy groups -OCH3 is 2. The van der Waals surface area contributed by atoms with Crippen molar-refractivity contribution in [3.05, 3.63) is 35.9 Å². The van der Waals surface area contributed by atoms with E-state index in [2.05, 4.69) is 12.2 Å². The Labute approximate surface area is 125 Å². The van der Waals surface area contributed by atoms with Crippen molar-refractivity contribution in [1.29, 1.82) is 0 Å². The molecule has 0 spiro atoms. The lowest BCUT2D eigenvalue weighted by Gasteiger charge is -2.17. The third-order valence-electron chi connectivity index (χ3n) is 4.51. The molecule has 4 nitrogen and oxygen atoms in total. The molecule has 0 radical (unpaired) electrons. The van der Waals surface area contributed by atoms with E-state index in [4.69, 9.17) is 9.47 Å². The Morgan fingerprint density at radius 1 is 1.00 bits per heavy atom. The summed E-state index contributed by atoms with van der Waals surface area (Å²) in [6, 6.07) is 5.35. The van der Waals surface area contributed by atoms with Crippen LogP contribution in [0.3, 0.4) is 0 Å². The molecule has 0 bridgehead atoms. The summed E-state index contributed by atoms with van der Waals surface area (Å²) in [6.45, 7) is 1.71. The van der Waals surface area contributed by atoms with Crippen molar-refractivity contribution >= 4 is 5.91 Å². The number of fused-ring (bicyclic) bond motifs is 1. The van der Waals surface area contributed by atoms with Crippen LogP contribution in [0.25, 0.3) is 0 Å². The zero-order valence-corrected chi connectivity index (χ0v) is 12.5. The molecule has 1 amide bonds. The number of benzene rings is 1. The molecular formula is C17H21NO3. The third-order valence-corrected chi connectivity index (χ3v) is 4.51. The maximum Gasteiger partial charge on any atom is 0.254 e. The van der Waals surface area contributed by atoms with Crippen molar-refractivity contribution in [2.75, 3.05) is 27.3 Å². The minimum absolute atomic E-state index is 0.0709. The zero-order valence-electron chi connectivity index (χ0n) is 12.5. The van der Waals surface area contributed by atoms with Crippen molar-refractivity contribution in [3.8, 4) is 11.5 Å². The summed E-state index contributed by atoms with van der Waals surface area (Å²) in [5.41, 5.74) is 0.637. The summed E-state index contributed by atoms with van der Waals surface area (Å²) in [5, 5.41) is 0. The van der Waals surface area contributed by atoms with Crippen molar-refractivity contribution in [3.63, 3.8) is 0 Å². The molecule has 2 unspecified atom stereocenters. The summed E-state index contributed by atoms with van der Waals surface area (Å²) in [6.07, 6.45) is 6.67. The first-order valence-electron chi connectivity index (χ1n) is 7.38. The SMILES string of the molecule is COc1cc(OC)cc(C(=O)N2CC3CC=CCC3C2)c1. The Morgan fingerprint density at radius 2 is 1.52 bits per heavy atom. The number of nitrogens with zero attached hydrogens (tertiary/aromatic N) is 1. The number of likely N-dealkylation sites (tertiary alicyclic amines) is 1. The number of carbonyl (C=O) groups excluding carboxylic acids is 1. The van der Waals surface area contributed by atoms with Gasteiger partial charge in [0.15, 0.2) is 0 Å². The predicted octanol–water partition coefficient (Wildman–Crippen LogP) is 2.74. The first-order valence-corrected chi connectivity index (χ1v) is 7.38. The maximum absolute atomic E-state index is 12.7. The van der Waals surface area contributed by atoms with E-state index in [0.29, 0.717) is 28.9 Å². The first kappa shape index (κ1) is 14.0. The molecule has 1 heterocycles. The summed E-state index contributed by atoms with van der Waals surface area (Å²) in [7, 11) is 3.19. The summed E-state index contributed by atoms with van der Waals surface area (Å²) < 4.78 is 10.5. The largest absolute Gasteiger partial charge is 0.497 e. The highest BCUT2D eigenvalue weighted by Crippen LogP contribution is 2.34. The highest BCUT2D eigenvalue weighted by atomic mass is 16.5. The van der Waals surface area contributed by atoms with Gasteiger partial charge in [0, 0.05) is 24.7 Å². The maximum atomic E-state index is 12.7. The normalized spacial score (nSPS) is 23.8. The van der Waals surface area contributed by atoms with E-state index in [-0.39, 0.29) is 5.91 Å². The molecular weight excluding hydrogens is 266 g/mol. The second-order valence-electron chi connectivity index (χ2n) is 5.77. The van der Waals surface area contributed by atoms with E-state index in [1.165, 1.54) is 0 Å². The van der Waals surface area contributed by atoms with Gasteiger partial charge in [-0.3, -0.25) is 4.79 Å². The van der Waals surface area contributed by atoms with Gasteiger partial charge in [-0.15, -0.1) is 0 Å². The Balaban J connectivity index is 1.79. The predicted molar refractivity (Wildman–Crippen MR) is 80.8 cm³/mol. The number of hydrogen-bond acceptors (Lipinski definition) is 3. The van der Waals surface area contributed by atoms with Crippen LogP contribution in [0.5, 0.6) is 11.5 Å². The second-order valence-corrected chi connectivity index (χ2v) is 5.77. The summed E-state index contributed by atoms with van der Waals surface area (Å²) >= 11 is 0. The van der Waals surface area contributed by atoms with E-state index >= 15 is 0 Å². The standard InChI is InChI=1S/C17H21NO3/c1-20-15-7-14(8-16(9-15)21-2)17(19)18-10-12-5-3-4-6-13(12)11-18/h3-4,7-9,12-13H,5-6,10-11H2,1-2H3. The number of hydrogen-bond donors (Lipinski definition) is 0. The molecule has 3 rings (SSSR count). The number of allylic oxidation sites excluding steroid dienone is 2. The quantitative estimate of drug-likeness (QED) is 0.802. The Hall–Kier alpha value is -1.97. The smallest absolute Gasteiger partial charge is 0.254 e. The van der Waals surface area contributed by atoms with Crippen molar-refractivity contribution in [2.24, 2.45) is 11.8 Å². The fourth-order valence-electron chi connectivity index (χ4n) is 3.29. The van der Waals surface area contributed by atoms with Gasteiger partial charge in [-0.2, -0.15) is 0 Å². The van der Waals surface area contributed by atoms with Gasteiger partial charge < -0.3 is 14.4 Å². The monoisotopic (exact) mass is 287 g/mol. The van der Waals surface area contributed by atoms with Crippen LogP contribution in [0.2, 0.25) is 0 Å². The molecule has 21 heavy (non-hydrogen) atoms. The average molecular weight is 287 g/mol. The molecule has 1 aromatic rings. The second kappa shape index (κ2) is 5.80. The zero-order chi connectivity index (χ0) is 14.8. The number of amides is 1. The lowest BCUT2D eigenvalue weighted by molar-refractivity contribution is 0.0783. The van der Waals surface area contributed by atoms with Gasteiger partial charge in [0.2, 0.25) is 0 Å². The lowest BCUT2D eigenvalue weighted by atomic mass is 9.86. The van der Waals surface area contributed by atoms with Gasteiger partial charge >= 0.3 is 0 Å². The van der Waals surface area contributed by atoms with Crippen LogP contribution in [0.1, 0.15) is 23.2 Å². The molecule has 1 aromatic carbocycles. The molecule has 1 saturated heterocycles. The minimum Gasteiger partial charge on any atom is -0.497 e. The molecule has 2 aliphatic rings. The summed E-state index contributed by atoms with van der Waals surface area (Å²) in [5.74, 6) is 2.60. The molecule has 112 valence electrons. The molecule has 4 heteroatoms. The number of carbonyl (C=O) groups is 1. The molecule has 0 saturated carbocycles. The fraction of sp³-hybridized carbons (Fsp3) is 0.471. The van der Waals surface area contributed by atoms with E-state index in [9.17, 15) is 4.79 Å². The van der Waals surface area contributed by atoms with Gasteiger partial charge in [-0.05, 0) is 36.8 Å². The lowest BCUT2D eigenvalue weighted by Crippen LogP contribution is -2.29. The average Bonchev–Trinajstić information content (AvgIpc) is 2.97. The van der Waals surface area contributed by atoms with Crippen LogP contribution >= 0.6 is 0 Å². The minimum atomic E-state index is 0.0709. The molecule has 1 aliphatic carbocycles. The molecule has 0 N–H and O–H groups in total. The van der Waals surface area contributed by atoms with Gasteiger partial charge in [0.05, 0.1) is 14.2 Å². The number of ether oxygens (including phenoxy) is 2. The molecule has 0 aromatic heterocycles. The van der Waals surface area contributed by atoms with Crippen LogP contribution in [-0.2, 0) is 0 Å². The highest BCUT2D eigenvalue weighted by Gasteiger charge is 2.35. The van der Waals surface area contributed by atoms with Crippen molar-refractivity contribution < 1.29 is 14.3 Å².